The number of phosphoric acid groups is 1. The van der Waals surface area contributed by atoms with Crippen LogP contribution in [0.25, 0.3) is 0 Å². The molecular formula is C77H128NO8P. The number of unbranched alkanes of at least 4 members (excludes halogenated alkanes) is 25. The molecule has 0 aromatic rings. The molecule has 0 aliphatic rings. The van der Waals surface area contributed by atoms with Crippen molar-refractivity contribution in [3.63, 3.8) is 0 Å². The molecule has 0 saturated heterocycles. The lowest BCUT2D eigenvalue weighted by atomic mass is 10.0. The number of ether oxygens (including phenoxy) is 2. The van der Waals surface area contributed by atoms with Gasteiger partial charge in [-0.25, -0.2) is 4.57 Å². The summed E-state index contributed by atoms with van der Waals surface area (Å²) >= 11 is 0. The molecule has 0 aromatic carbocycles. The van der Waals surface area contributed by atoms with E-state index >= 15 is 0 Å². The molecule has 0 saturated carbocycles. The summed E-state index contributed by atoms with van der Waals surface area (Å²) in [5.41, 5.74) is 5.39. The van der Waals surface area contributed by atoms with Crippen LogP contribution in [0.4, 0.5) is 0 Å². The van der Waals surface area contributed by atoms with Crippen LogP contribution in [0.2, 0.25) is 0 Å². The Morgan fingerprint density at radius 1 is 0.345 bits per heavy atom. The van der Waals surface area contributed by atoms with Gasteiger partial charge in [-0.15, -0.1) is 0 Å². The zero-order valence-corrected chi connectivity index (χ0v) is 56.3. The number of esters is 2. The molecule has 0 aliphatic heterocycles. The van der Waals surface area contributed by atoms with Crippen molar-refractivity contribution < 1.29 is 37.6 Å². The van der Waals surface area contributed by atoms with Crippen molar-refractivity contribution in [2.75, 3.05) is 26.4 Å². The Bertz CT molecular complexity index is 1980. The predicted octanol–water partition coefficient (Wildman–Crippen LogP) is 23.2. The van der Waals surface area contributed by atoms with Crippen LogP contribution in [0.5, 0.6) is 0 Å². The first-order valence-electron chi connectivity index (χ1n) is 35.0. The first kappa shape index (κ1) is 82.6. The highest BCUT2D eigenvalue weighted by Gasteiger charge is 2.26. The van der Waals surface area contributed by atoms with Crippen molar-refractivity contribution in [2.24, 2.45) is 5.73 Å². The third-order valence-corrected chi connectivity index (χ3v) is 15.4. The first-order valence-corrected chi connectivity index (χ1v) is 36.5. The van der Waals surface area contributed by atoms with E-state index in [1.165, 1.54) is 141 Å². The molecule has 0 rings (SSSR count). The van der Waals surface area contributed by atoms with Crippen molar-refractivity contribution in [3.8, 4) is 0 Å². The van der Waals surface area contributed by atoms with E-state index in [2.05, 4.69) is 166 Å². The van der Waals surface area contributed by atoms with E-state index in [-0.39, 0.29) is 32.6 Å². The molecular weight excluding hydrogens is 1100 g/mol. The summed E-state index contributed by atoms with van der Waals surface area (Å²) < 4.78 is 33.1. The fourth-order valence-corrected chi connectivity index (χ4v) is 10.1. The molecule has 0 aromatic heterocycles. The Balaban J connectivity index is 3.95. The van der Waals surface area contributed by atoms with Crippen LogP contribution in [-0.2, 0) is 32.7 Å². The van der Waals surface area contributed by atoms with Gasteiger partial charge in [0.2, 0.25) is 0 Å². The third-order valence-electron chi connectivity index (χ3n) is 14.4. The zero-order chi connectivity index (χ0) is 63.0. The number of nitrogens with two attached hydrogens (primary N) is 1. The van der Waals surface area contributed by atoms with Crippen molar-refractivity contribution >= 4 is 19.8 Å². The standard InChI is InChI=1S/C77H128NO8P/c1-3-5-7-9-11-13-15-17-19-21-23-25-27-29-31-33-34-35-36-37-38-39-40-42-43-45-47-49-51-53-55-57-59-61-63-65-67-69-76(79)83-73-75(74-85-87(81,82)84-72-71-78)86-77(80)70-68-66-64-62-60-58-56-54-52-50-48-46-44-41-32-30-28-26-24-22-20-18-16-14-12-10-8-6-4-2/h5-8,11-14,17-20,23-26,30,32,44,46,50,52,56,58,62,64,75H,3-4,9-10,15-16,21-22,27-29,31,33-43,45,47-49,51,53-55,57,59-61,63,65-74,78H2,1-2H3,(H,81,82)/b7-5-,8-6-,13-11-,14-12-,19-17-,20-18-,25-23-,26-24-,32-30-,46-44-,52-50-,58-56-,64-62-. The summed E-state index contributed by atoms with van der Waals surface area (Å²) in [6.07, 6.45) is 104. The Kier molecular flexibility index (Phi) is 67.2. The molecule has 0 aliphatic carbocycles. The fraction of sp³-hybridized carbons (Fsp3) is 0.636. The Hall–Kier alpha value is -4.37. The minimum Gasteiger partial charge on any atom is -0.462 e. The van der Waals surface area contributed by atoms with Crippen LogP contribution in [0, 0.1) is 0 Å². The Labute approximate surface area is 534 Å². The van der Waals surface area contributed by atoms with Crippen LogP contribution in [0.15, 0.2) is 158 Å². The van der Waals surface area contributed by atoms with Gasteiger partial charge in [-0.1, -0.05) is 313 Å². The summed E-state index contributed by atoms with van der Waals surface area (Å²) in [5, 5.41) is 0. The molecule has 0 amide bonds. The smallest absolute Gasteiger partial charge is 0.462 e. The van der Waals surface area contributed by atoms with E-state index in [1.807, 2.05) is 6.08 Å². The molecule has 0 radical (unpaired) electrons. The summed E-state index contributed by atoms with van der Waals surface area (Å²) in [5.74, 6) is -0.899. The van der Waals surface area contributed by atoms with Gasteiger partial charge in [0.15, 0.2) is 6.10 Å². The normalized spacial score (nSPS) is 13.9. The maximum absolute atomic E-state index is 12.7. The Morgan fingerprint density at radius 2 is 0.609 bits per heavy atom. The number of hydrogen-bond acceptors (Lipinski definition) is 8. The minimum absolute atomic E-state index is 0.0375. The highest BCUT2D eigenvalue weighted by Crippen LogP contribution is 2.43. The second kappa shape index (κ2) is 70.7. The topological polar surface area (TPSA) is 134 Å². The number of allylic oxidation sites excluding steroid dienone is 26. The molecule has 0 fully saturated rings. The molecule has 87 heavy (non-hydrogen) atoms. The van der Waals surface area contributed by atoms with Gasteiger partial charge >= 0.3 is 19.8 Å². The van der Waals surface area contributed by atoms with E-state index in [0.717, 1.165) is 103 Å². The molecule has 494 valence electrons. The van der Waals surface area contributed by atoms with E-state index in [0.29, 0.717) is 12.8 Å². The van der Waals surface area contributed by atoms with Gasteiger partial charge < -0.3 is 20.1 Å². The summed E-state index contributed by atoms with van der Waals surface area (Å²) in [6.45, 7) is 3.46. The van der Waals surface area contributed by atoms with Crippen LogP contribution in [0.1, 0.15) is 284 Å². The lowest BCUT2D eigenvalue weighted by Gasteiger charge is -2.19. The average molecular weight is 1230 g/mol. The van der Waals surface area contributed by atoms with Gasteiger partial charge in [0.1, 0.15) is 6.61 Å². The monoisotopic (exact) mass is 1230 g/mol. The van der Waals surface area contributed by atoms with Crippen LogP contribution in [0.3, 0.4) is 0 Å². The maximum Gasteiger partial charge on any atom is 0.472 e. The molecule has 10 heteroatoms. The fourth-order valence-electron chi connectivity index (χ4n) is 9.34. The number of carbonyl (C=O) groups is 2. The van der Waals surface area contributed by atoms with E-state index in [4.69, 9.17) is 24.3 Å². The number of hydrogen-bond donors (Lipinski definition) is 2. The highest BCUT2D eigenvalue weighted by atomic mass is 31.2. The number of rotatable bonds is 64. The zero-order valence-electron chi connectivity index (χ0n) is 55.4. The van der Waals surface area contributed by atoms with Gasteiger partial charge in [-0.05, 0) is 116 Å². The second-order valence-electron chi connectivity index (χ2n) is 22.6. The van der Waals surface area contributed by atoms with Gasteiger partial charge in [-0.3, -0.25) is 18.6 Å². The van der Waals surface area contributed by atoms with Gasteiger partial charge in [0.05, 0.1) is 13.2 Å². The van der Waals surface area contributed by atoms with Crippen LogP contribution in [-0.4, -0.2) is 49.3 Å². The second-order valence-corrected chi connectivity index (χ2v) is 24.1. The molecule has 9 nitrogen and oxygen atoms in total. The summed E-state index contributed by atoms with van der Waals surface area (Å²) in [7, 11) is -4.42. The van der Waals surface area contributed by atoms with Gasteiger partial charge in [0.25, 0.3) is 0 Å². The van der Waals surface area contributed by atoms with Crippen molar-refractivity contribution in [1.82, 2.24) is 0 Å². The maximum atomic E-state index is 12.7. The minimum atomic E-state index is -4.42. The largest absolute Gasteiger partial charge is 0.472 e. The summed E-state index contributed by atoms with van der Waals surface area (Å²) in [6, 6.07) is 0. The molecule has 2 unspecified atom stereocenters. The highest BCUT2D eigenvalue weighted by molar-refractivity contribution is 7.47. The van der Waals surface area contributed by atoms with E-state index in [1.54, 1.807) is 0 Å². The lowest BCUT2D eigenvalue weighted by molar-refractivity contribution is -0.161. The van der Waals surface area contributed by atoms with Crippen molar-refractivity contribution in [1.29, 1.82) is 0 Å². The first-order chi connectivity index (χ1) is 42.8. The van der Waals surface area contributed by atoms with E-state index < -0.39 is 32.5 Å². The average Bonchev–Trinajstić information content (AvgIpc) is 3.63. The van der Waals surface area contributed by atoms with Crippen molar-refractivity contribution in [2.45, 2.75) is 290 Å². The predicted molar refractivity (Wildman–Crippen MR) is 376 cm³/mol. The number of carbonyl (C=O) groups excluding carboxylic acids is 2. The summed E-state index contributed by atoms with van der Waals surface area (Å²) in [4.78, 5) is 35.3. The lowest BCUT2D eigenvalue weighted by Crippen LogP contribution is -2.29. The van der Waals surface area contributed by atoms with Gasteiger partial charge in [0, 0.05) is 19.4 Å². The Morgan fingerprint density at radius 3 is 0.920 bits per heavy atom. The molecule has 2 atom stereocenters. The van der Waals surface area contributed by atoms with E-state index in [9.17, 15) is 19.0 Å². The quantitative estimate of drug-likeness (QED) is 0.0264. The number of phosphoric ester groups is 1. The van der Waals surface area contributed by atoms with Gasteiger partial charge in [-0.2, -0.15) is 0 Å². The molecule has 0 bridgehead atoms. The molecule has 3 N–H and O–H groups in total. The third kappa shape index (κ3) is 70.6. The molecule has 0 spiro atoms. The van der Waals surface area contributed by atoms with Crippen LogP contribution >= 0.6 is 7.82 Å². The van der Waals surface area contributed by atoms with Crippen LogP contribution < -0.4 is 5.73 Å². The SMILES string of the molecule is CC/C=C\C/C=C\C/C=C\C/C=C\C/C=C\C/C=C\C/C=C\C/C=C\C/C=C\CCCC(=O)OC(COC(=O)CCCCCCCCCCCCCCCCCCCCCCCCCC/C=C\C/C=C\C/C=C\C/C=C\CC)COP(=O)(O)OCCN. The van der Waals surface area contributed by atoms with Crippen molar-refractivity contribution in [3.05, 3.63) is 158 Å². The molecule has 0 heterocycles.